The molecule has 0 aliphatic carbocycles. The third kappa shape index (κ3) is 2.63. The second kappa shape index (κ2) is 5.26. The Morgan fingerprint density at radius 2 is 2.33 bits per heavy atom. The van der Waals surface area contributed by atoms with Gasteiger partial charge < -0.3 is 5.73 Å². The van der Waals surface area contributed by atoms with Gasteiger partial charge in [0.05, 0.1) is 17.0 Å². The second-order valence-corrected chi connectivity index (χ2v) is 3.03. The zero-order chi connectivity index (χ0) is 11.3. The molecule has 0 radical (unpaired) electrons. The molecule has 0 aliphatic rings. The Morgan fingerprint density at radius 3 is 2.80 bits per heavy atom. The maximum atomic E-state index is 10.8. The molecule has 4 nitrogen and oxygen atoms in total. The molecule has 0 saturated carbocycles. The van der Waals surface area contributed by atoms with Crippen LogP contribution in [0.15, 0.2) is 35.0 Å². The minimum Gasteiger partial charge on any atom is -0.396 e. The smallest absolute Gasteiger partial charge is 0.155 e. The highest BCUT2D eigenvalue weighted by atomic mass is 35.5. The van der Waals surface area contributed by atoms with Gasteiger partial charge in [-0.25, -0.2) is 0 Å². The van der Waals surface area contributed by atoms with E-state index in [1.165, 1.54) is 7.05 Å². The van der Waals surface area contributed by atoms with Crippen molar-refractivity contribution in [2.45, 2.75) is 0 Å². The van der Waals surface area contributed by atoms with Gasteiger partial charge in [0, 0.05) is 13.2 Å². The van der Waals surface area contributed by atoms with Crippen molar-refractivity contribution in [3.8, 4) is 0 Å². The molecule has 0 amide bonds. The van der Waals surface area contributed by atoms with Gasteiger partial charge in [0.1, 0.15) is 5.17 Å². The minimum absolute atomic E-state index is 0.0770. The highest BCUT2D eigenvalue weighted by molar-refractivity contribution is 6.72. The summed E-state index contributed by atoms with van der Waals surface area (Å²) in [5.74, 6) is 0. The molecule has 15 heavy (non-hydrogen) atoms. The first-order valence-corrected chi connectivity index (χ1v) is 4.57. The molecule has 2 N–H and O–H groups in total. The molecule has 1 rings (SSSR count). The highest BCUT2D eigenvalue weighted by Crippen LogP contribution is 2.12. The molecular weight excluding hydrogens is 214 g/mol. The van der Waals surface area contributed by atoms with Crippen molar-refractivity contribution in [2.75, 3.05) is 7.05 Å². The summed E-state index contributed by atoms with van der Waals surface area (Å²) in [6.45, 7) is 0. The summed E-state index contributed by atoms with van der Waals surface area (Å²) in [7, 11) is 1.48. The summed E-state index contributed by atoms with van der Waals surface area (Å²) in [5, 5.41) is 0.0770. The molecule has 0 atom stereocenters. The van der Waals surface area contributed by atoms with Crippen molar-refractivity contribution in [1.82, 2.24) is 4.98 Å². The van der Waals surface area contributed by atoms with Crippen LogP contribution in [0.4, 0.5) is 0 Å². The van der Waals surface area contributed by atoms with Gasteiger partial charge in [-0.1, -0.05) is 17.7 Å². The zero-order valence-electron chi connectivity index (χ0n) is 8.14. The van der Waals surface area contributed by atoms with Gasteiger partial charge in [-0.2, -0.15) is 0 Å². The summed E-state index contributed by atoms with van der Waals surface area (Å²) in [6.07, 6.45) is 2.15. The lowest BCUT2D eigenvalue weighted by atomic mass is 10.2. The van der Waals surface area contributed by atoms with Crippen LogP contribution in [0.2, 0.25) is 0 Å². The van der Waals surface area contributed by atoms with Crippen LogP contribution in [0.1, 0.15) is 5.69 Å². The first kappa shape index (κ1) is 11.4. The van der Waals surface area contributed by atoms with Crippen LogP contribution in [0.25, 0.3) is 5.70 Å². The summed E-state index contributed by atoms with van der Waals surface area (Å²) < 4.78 is 0. The Kier molecular flexibility index (Phi) is 4.00. The van der Waals surface area contributed by atoms with Gasteiger partial charge in [-0.05, 0) is 12.1 Å². The Balaban J connectivity index is 3.24. The number of aldehydes is 1. The molecule has 78 valence electrons. The fourth-order valence-electron chi connectivity index (χ4n) is 1.00. The summed E-state index contributed by atoms with van der Waals surface area (Å²) in [6, 6.07) is 5.22. The van der Waals surface area contributed by atoms with Crippen molar-refractivity contribution >= 4 is 28.8 Å². The lowest BCUT2D eigenvalue weighted by molar-refractivity contribution is -0.104. The Labute approximate surface area is 92.5 Å². The van der Waals surface area contributed by atoms with Gasteiger partial charge >= 0.3 is 0 Å². The van der Waals surface area contributed by atoms with E-state index >= 15 is 0 Å². The average Bonchev–Trinajstić information content (AvgIpc) is 2.30. The number of hydrogen-bond acceptors (Lipinski definition) is 4. The maximum Gasteiger partial charge on any atom is 0.155 e. The highest BCUT2D eigenvalue weighted by Gasteiger charge is 2.10. The van der Waals surface area contributed by atoms with Gasteiger partial charge in [-0.3, -0.25) is 14.8 Å². The predicted octanol–water partition coefficient (Wildman–Crippen LogP) is 1.22. The van der Waals surface area contributed by atoms with Gasteiger partial charge in [-0.15, -0.1) is 0 Å². The average molecular weight is 224 g/mol. The van der Waals surface area contributed by atoms with E-state index in [4.69, 9.17) is 17.3 Å². The fourth-order valence-corrected chi connectivity index (χ4v) is 1.15. The van der Waals surface area contributed by atoms with Crippen LogP contribution < -0.4 is 5.73 Å². The number of nitrogens with zero attached hydrogens (tertiary/aromatic N) is 2. The van der Waals surface area contributed by atoms with Gasteiger partial charge in [0.15, 0.2) is 6.29 Å². The van der Waals surface area contributed by atoms with E-state index in [0.717, 1.165) is 0 Å². The second-order valence-electron chi connectivity index (χ2n) is 2.67. The molecule has 0 spiro atoms. The molecule has 0 fully saturated rings. The monoisotopic (exact) mass is 223 g/mol. The molecular formula is C10H10ClN3O. The van der Waals surface area contributed by atoms with E-state index in [0.29, 0.717) is 12.0 Å². The first-order chi connectivity index (χ1) is 7.20. The van der Waals surface area contributed by atoms with Crippen LogP contribution in [-0.4, -0.2) is 23.5 Å². The summed E-state index contributed by atoms with van der Waals surface area (Å²) in [4.78, 5) is 18.5. The number of aliphatic imine (C=N–C) groups is 1. The molecule has 0 aliphatic heterocycles. The normalized spacial score (nSPS) is 13.3. The number of carbonyl (C=O) groups is 1. The SMILES string of the molecule is CN=C(Cl)/C(C=O)=C(\N)c1ccccn1. The van der Waals surface area contributed by atoms with E-state index in [1.54, 1.807) is 24.4 Å². The minimum atomic E-state index is 0.0770. The van der Waals surface area contributed by atoms with E-state index < -0.39 is 0 Å². The van der Waals surface area contributed by atoms with Gasteiger partial charge in [0.2, 0.25) is 0 Å². The van der Waals surface area contributed by atoms with E-state index in [2.05, 4.69) is 9.98 Å². The first-order valence-electron chi connectivity index (χ1n) is 4.19. The number of pyridine rings is 1. The Morgan fingerprint density at radius 1 is 1.60 bits per heavy atom. The van der Waals surface area contributed by atoms with Crippen molar-refractivity contribution in [2.24, 2.45) is 10.7 Å². The van der Waals surface area contributed by atoms with Crippen LogP contribution in [0.5, 0.6) is 0 Å². The molecule has 1 aromatic rings. The molecule has 0 aromatic carbocycles. The van der Waals surface area contributed by atoms with Crippen LogP contribution in [0, 0.1) is 0 Å². The van der Waals surface area contributed by atoms with Crippen LogP contribution in [-0.2, 0) is 4.79 Å². The topological polar surface area (TPSA) is 68.3 Å². The van der Waals surface area contributed by atoms with E-state index in [9.17, 15) is 4.79 Å². The number of carbonyl (C=O) groups excluding carboxylic acids is 1. The van der Waals surface area contributed by atoms with Crippen molar-refractivity contribution in [3.05, 3.63) is 35.7 Å². The molecule has 1 heterocycles. The van der Waals surface area contributed by atoms with Crippen molar-refractivity contribution in [3.63, 3.8) is 0 Å². The Bertz CT molecular complexity index is 412. The number of allylic oxidation sites excluding steroid dienone is 1. The van der Waals surface area contributed by atoms with Crippen LogP contribution >= 0.6 is 11.6 Å². The molecule has 0 bridgehead atoms. The number of hydrogen-bond donors (Lipinski definition) is 1. The molecule has 0 unspecified atom stereocenters. The predicted molar refractivity (Wildman–Crippen MR) is 60.6 cm³/mol. The van der Waals surface area contributed by atoms with Gasteiger partial charge in [0.25, 0.3) is 0 Å². The molecule has 0 saturated heterocycles. The lowest BCUT2D eigenvalue weighted by Crippen LogP contribution is -2.08. The molecule has 1 aromatic heterocycles. The van der Waals surface area contributed by atoms with Crippen molar-refractivity contribution in [1.29, 1.82) is 0 Å². The summed E-state index contributed by atoms with van der Waals surface area (Å²) >= 11 is 5.73. The van der Waals surface area contributed by atoms with E-state index in [-0.39, 0.29) is 16.4 Å². The van der Waals surface area contributed by atoms with Crippen LogP contribution in [0.3, 0.4) is 0 Å². The zero-order valence-corrected chi connectivity index (χ0v) is 8.90. The third-order valence-corrected chi connectivity index (χ3v) is 2.14. The standard InChI is InChI=1S/C10H10ClN3O/c1-13-10(11)7(6-15)9(12)8-4-2-3-5-14-8/h2-6H,12H2,1H3/b9-7-,13-10?. The number of nitrogens with two attached hydrogens (primary N) is 1. The van der Waals surface area contributed by atoms with Crippen molar-refractivity contribution < 1.29 is 4.79 Å². The Hall–Kier alpha value is -1.68. The largest absolute Gasteiger partial charge is 0.396 e. The number of halogens is 1. The lowest BCUT2D eigenvalue weighted by Gasteiger charge is -2.03. The third-order valence-electron chi connectivity index (χ3n) is 1.77. The quantitative estimate of drug-likeness (QED) is 0.476. The maximum absolute atomic E-state index is 10.8. The fraction of sp³-hybridized carbons (Fsp3) is 0.100. The molecule has 5 heteroatoms. The number of rotatable bonds is 3. The van der Waals surface area contributed by atoms with E-state index in [1.807, 2.05) is 0 Å². The summed E-state index contributed by atoms with van der Waals surface area (Å²) in [5.41, 5.74) is 6.62. The number of aromatic nitrogens is 1.